The number of carbonyl (C=O) groups is 1. The Balaban J connectivity index is 2.07. The van der Waals surface area contributed by atoms with Crippen molar-refractivity contribution in [3.63, 3.8) is 0 Å². The molecule has 0 spiro atoms. The van der Waals surface area contributed by atoms with E-state index in [1.54, 1.807) is 18.2 Å². The van der Waals surface area contributed by atoms with Gasteiger partial charge < -0.3 is 15.0 Å². The van der Waals surface area contributed by atoms with Crippen LogP contribution in [0.15, 0.2) is 29.1 Å². The van der Waals surface area contributed by atoms with E-state index in [1.165, 1.54) is 4.57 Å². The third-order valence-electron chi connectivity index (χ3n) is 3.18. The van der Waals surface area contributed by atoms with Gasteiger partial charge in [0.1, 0.15) is 6.54 Å². The normalized spacial score (nSPS) is 10.8. The van der Waals surface area contributed by atoms with Gasteiger partial charge in [0.05, 0.1) is 10.9 Å². The summed E-state index contributed by atoms with van der Waals surface area (Å²) < 4.78 is 6.71. The summed E-state index contributed by atoms with van der Waals surface area (Å²) in [7, 11) is 0. The van der Waals surface area contributed by atoms with Gasteiger partial charge in [0.2, 0.25) is 5.91 Å². The van der Waals surface area contributed by atoms with Crippen LogP contribution in [0.5, 0.6) is 0 Å². The summed E-state index contributed by atoms with van der Waals surface area (Å²) in [6, 6.07) is 7.09. The number of hydrogen-bond acceptors (Lipinski definition) is 4. The minimum atomic E-state index is -0.260. The van der Waals surface area contributed by atoms with E-state index in [0.29, 0.717) is 30.7 Å². The monoisotopic (exact) mass is 321 g/mol. The second-order valence-corrected chi connectivity index (χ2v) is 5.15. The number of H-pyrrole nitrogens is 1. The van der Waals surface area contributed by atoms with Crippen LogP contribution in [0, 0.1) is 4.77 Å². The van der Waals surface area contributed by atoms with Crippen LogP contribution in [0.25, 0.3) is 10.9 Å². The molecule has 0 bridgehead atoms. The fourth-order valence-corrected chi connectivity index (χ4v) is 2.35. The molecule has 118 valence electrons. The first-order valence-electron chi connectivity index (χ1n) is 7.19. The van der Waals surface area contributed by atoms with E-state index < -0.39 is 0 Å². The van der Waals surface area contributed by atoms with Gasteiger partial charge in [-0.1, -0.05) is 12.1 Å². The minimum absolute atomic E-state index is 0.0896. The SMILES string of the molecule is CCOCCCNC(=O)Cn1c(=S)[nH]c2ccccc2c1=O. The lowest BCUT2D eigenvalue weighted by Crippen LogP contribution is -2.34. The molecule has 0 aliphatic carbocycles. The summed E-state index contributed by atoms with van der Waals surface area (Å²) in [6.45, 7) is 3.61. The molecule has 1 heterocycles. The average Bonchev–Trinajstić information content (AvgIpc) is 2.51. The molecule has 0 unspecified atom stereocenters. The standard InChI is InChI=1S/C15H19N3O3S/c1-2-21-9-5-8-16-13(19)10-18-14(20)11-6-3-4-7-12(11)17-15(18)22/h3-4,6-7H,2,5,8-10H2,1H3,(H,16,19)(H,17,22). The summed E-state index contributed by atoms with van der Waals surface area (Å²) in [5, 5.41) is 3.27. The highest BCUT2D eigenvalue weighted by Crippen LogP contribution is 2.05. The number of aromatic nitrogens is 2. The van der Waals surface area contributed by atoms with Gasteiger partial charge in [-0.2, -0.15) is 0 Å². The van der Waals surface area contributed by atoms with Gasteiger partial charge in [-0.25, -0.2) is 0 Å². The lowest BCUT2D eigenvalue weighted by molar-refractivity contribution is -0.121. The predicted octanol–water partition coefficient (Wildman–Crippen LogP) is 1.60. The molecule has 0 aliphatic heterocycles. The molecule has 22 heavy (non-hydrogen) atoms. The van der Waals surface area contributed by atoms with E-state index in [0.717, 1.165) is 6.42 Å². The Hall–Kier alpha value is -1.99. The lowest BCUT2D eigenvalue weighted by Gasteiger charge is -2.09. The van der Waals surface area contributed by atoms with Crippen LogP contribution in [0.3, 0.4) is 0 Å². The quantitative estimate of drug-likeness (QED) is 0.600. The van der Waals surface area contributed by atoms with Crippen molar-refractivity contribution in [1.29, 1.82) is 0 Å². The smallest absolute Gasteiger partial charge is 0.262 e. The molecule has 0 radical (unpaired) electrons. The fraction of sp³-hybridized carbons (Fsp3) is 0.400. The number of hydrogen-bond donors (Lipinski definition) is 2. The summed E-state index contributed by atoms with van der Waals surface area (Å²) in [6.07, 6.45) is 0.735. The Morgan fingerprint density at radius 2 is 2.18 bits per heavy atom. The summed E-state index contributed by atoms with van der Waals surface area (Å²) in [5.41, 5.74) is 0.412. The molecule has 0 saturated heterocycles. The van der Waals surface area contributed by atoms with Crippen molar-refractivity contribution in [3.05, 3.63) is 39.4 Å². The van der Waals surface area contributed by atoms with Crippen molar-refractivity contribution in [3.8, 4) is 0 Å². The van der Waals surface area contributed by atoms with Crippen LogP contribution >= 0.6 is 12.2 Å². The molecule has 1 aromatic heterocycles. The third kappa shape index (κ3) is 4.02. The number of nitrogens with one attached hydrogen (secondary N) is 2. The maximum absolute atomic E-state index is 12.4. The van der Waals surface area contributed by atoms with Gasteiger partial charge in [-0.05, 0) is 37.7 Å². The number of para-hydroxylation sites is 1. The molecule has 1 amide bonds. The van der Waals surface area contributed by atoms with E-state index in [-0.39, 0.29) is 22.8 Å². The second-order valence-electron chi connectivity index (χ2n) is 4.77. The van der Waals surface area contributed by atoms with Crippen molar-refractivity contribution < 1.29 is 9.53 Å². The second kappa shape index (κ2) is 7.86. The van der Waals surface area contributed by atoms with Crippen molar-refractivity contribution in [2.24, 2.45) is 0 Å². The van der Waals surface area contributed by atoms with Gasteiger partial charge >= 0.3 is 0 Å². The Kier molecular flexibility index (Phi) is 5.85. The van der Waals surface area contributed by atoms with E-state index in [9.17, 15) is 9.59 Å². The molecule has 2 N–H and O–H groups in total. The zero-order valence-electron chi connectivity index (χ0n) is 12.4. The van der Waals surface area contributed by atoms with Crippen molar-refractivity contribution in [1.82, 2.24) is 14.9 Å². The molecule has 1 aromatic carbocycles. The summed E-state index contributed by atoms with van der Waals surface area (Å²) in [4.78, 5) is 27.3. The Labute approximate surface area is 133 Å². The number of carbonyl (C=O) groups excluding carboxylic acids is 1. The van der Waals surface area contributed by atoms with E-state index in [2.05, 4.69) is 10.3 Å². The zero-order chi connectivity index (χ0) is 15.9. The Bertz CT molecular complexity index is 766. The lowest BCUT2D eigenvalue weighted by atomic mass is 10.2. The van der Waals surface area contributed by atoms with Crippen molar-refractivity contribution >= 4 is 29.0 Å². The maximum Gasteiger partial charge on any atom is 0.262 e. The molecular weight excluding hydrogens is 302 g/mol. The van der Waals surface area contributed by atoms with Crippen LogP contribution in [0.1, 0.15) is 13.3 Å². The largest absolute Gasteiger partial charge is 0.382 e. The molecule has 0 aliphatic rings. The predicted molar refractivity (Wildman–Crippen MR) is 87.5 cm³/mol. The molecule has 0 saturated carbocycles. The molecule has 0 atom stereocenters. The molecule has 2 rings (SSSR count). The van der Waals surface area contributed by atoms with Gasteiger partial charge in [-0.15, -0.1) is 0 Å². The topological polar surface area (TPSA) is 76.1 Å². The van der Waals surface area contributed by atoms with E-state index >= 15 is 0 Å². The minimum Gasteiger partial charge on any atom is -0.382 e. The number of ether oxygens (including phenoxy) is 1. The summed E-state index contributed by atoms with van der Waals surface area (Å²) >= 11 is 5.16. The first-order chi connectivity index (χ1) is 10.6. The van der Waals surface area contributed by atoms with E-state index in [4.69, 9.17) is 17.0 Å². The number of aromatic amines is 1. The highest BCUT2D eigenvalue weighted by Gasteiger charge is 2.09. The number of amides is 1. The van der Waals surface area contributed by atoms with Crippen molar-refractivity contribution in [2.45, 2.75) is 19.9 Å². The van der Waals surface area contributed by atoms with Gasteiger partial charge in [-0.3, -0.25) is 14.2 Å². The number of fused-ring (bicyclic) bond motifs is 1. The van der Waals surface area contributed by atoms with Crippen molar-refractivity contribution in [2.75, 3.05) is 19.8 Å². The Morgan fingerprint density at radius 3 is 2.95 bits per heavy atom. The first-order valence-corrected chi connectivity index (χ1v) is 7.60. The van der Waals surface area contributed by atoms with Gasteiger partial charge in [0, 0.05) is 19.8 Å². The molecule has 2 aromatic rings. The maximum atomic E-state index is 12.4. The third-order valence-corrected chi connectivity index (χ3v) is 3.51. The fourth-order valence-electron chi connectivity index (χ4n) is 2.09. The van der Waals surface area contributed by atoms with Crippen LogP contribution in [0.4, 0.5) is 0 Å². The Morgan fingerprint density at radius 1 is 1.41 bits per heavy atom. The highest BCUT2D eigenvalue weighted by molar-refractivity contribution is 7.71. The van der Waals surface area contributed by atoms with Gasteiger partial charge in [0.25, 0.3) is 5.56 Å². The van der Waals surface area contributed by atoms with Crippen LogP contribution in [-0.2, 0) is 16.1 Å². The number of rotatable bonds is 7. The highest BCUT2D eigenvalue weighted by atomic mass is 32.1. The van der Waals surface area contributed by atoms with E-state index in [1.807, 2.05) is 13.0 Å². The molecule has 7 heteroatoms. The zero-order valence-corrected chi connectivity index (χ0v) is 13.2. The van der Waals surface area contributed by atoms with Gasteiger partial charge in [0.15, 0.2) is 4.77 Å². The van der Waals surface area contributed by atoms with Crippen LogP contribution < -0.4 is 10.9 Å². The van der Waals surface area contributed by atoms with Crippen LogP contribution in [-0.4, -0.2) is 35.2 Å². The first kappa shape index (κ1) is 16.4. The average molecular weight is 321 g/mol. The summed E-state index contributed by atoms with van der Waals surface area (Å²) in [5.74, 6) is -0.242. The number of nitrogens with zero attached hydrogens (tertiary/aromatic N) is 1. The van der Waals surface area contributed by atoms with Crippen LogP contribution in [0.2, 0.25) is 0 Å². The number of benzene rings is 1. The molecule has 6 nitrogen and oxygen atoms in total. The molecular formula is C15H19N3O3S. The molecule has 0 fully saturated rings.